The minimum Gasteiger partial charge on any atom is -0.486 e. The van der Waals surface area contributed by atoms with Gasteiger partial charge in [0, 0.05) is 4.88 Å². The summed E-state index contributed by atoms with van der Waals surface area (Å²) in [6.07, 6.45) is 1.49. The SMILES string of the molecule is COc1sc(CN=C=O)cc1Br. The van der Waals surface area contributed by atoms with Crippen LogP contribution in [0.3, 0.4) is 0 Å². The molecular weight excluding hydrogens is 242 g/mol. The predicted molar refractivity (Wildman–Crippen MR) is 50.4 cm³/mol. The molecular formula is C7H6BrNO2S. The first kappa shape index (κ1) is 9.45. The summed E-state index contributed by atoms with van der Waals surface area (Å²) in [6.45, 7) is 0.371. The Hall–Kier alpha value is -0.640. The molecule has 0 radical (unpaired) electrons. The van der Waals surface area contributed by atoms with Gasteiger partial charge in [0.15, 0.2) is 5.06 Å². The van der Waals surface area contributed by atoms with Crippen molar-refractivity contribution in [1.29, 1.82) is 0 Å². The summed E-state index contributed by atoms with van der Waals surface area (Å²) < 4.78 is 5.93. The lowest BCUT2D eigenvalue weighted by Gasteiger charge is -1.91. The molecule has 1 aromatic heterocycles. The summed E-state index contributed by atoms with van der Waals surface area (Å²) in [4.78, 5) is 14.2. The van der Waals surface area contributed by atoms with Crippen LogP contribution in [0.25, 0.3) is 0 Å². The highest BCUT2D eigenvalue weighted by molar-refractivity contribution is 9.10. The van der Waals surface area contributed by atoms with Crippen LogP contribution >= 0.6 is 27.3 Å². The van der Waals surface area contributed by atoms with E-state index in [-0.39, 0.29) is 0 Å². The van der Waals surface area contributed by atoms with E-state index in [1.807, 2.05) is 6.07 Å². The van der Waals surface area contributed by atoms with Gasteiger partial charge in [-0.05, 0) is 22.0 Å². The Balaban J connectivity index is 2.81. The van der Waals surface area contributed by atoms with E-state index in [0.29, 0.717) is 6.54 Å². The molecule has 0 unspecified atom stereocenters. The van der Waals surface area contributed by atoms with Gasteiger partial charge in [-0.2, -0.15) is 0 Å². The Labute approximate surface area is 82.2 Å². The van der Waals surface area contributed by atoms with Gasteiger partial charge in [0.25, 0.3) is 0 Å². The molecule has 0 aliphatic carbocycles. The van der Waals surface area contributed by atoms with Crippen molar-refractivity contribution in [2.45, 2.75) is 6.54 Å². The second kappa shape index (κ2) is 4.40. The van der Waals surface area contributed by atoms with Crippen molar-refractivity contribution in [1.82, 2.24) is 0 Å². The van der Waals surface area contributed by atoms with Crippen molar-refractivity contribution in [3.05, 3.63) is 15.4 Å². The zero-order chi connectivity index (χ0) is 8.97. The lowest BCUT2D eigenvalue weighted by Crippen LogP contribution is -1.75. The number of halogens is 1. The minimum absolute atomic E-state index is 0.371. The van der Waals surface area contributed by atoms with Crippen LogP contribution in [0.5, 0.6) is 5.06 Å². The molecule has 1 aromatic rings. The molecule has 12 heavy (non-hydrogen) atoms. The van der Waals surface area contributed by atoms with Crippen molar-refractivity contribution in [3.8, 4) is 5.06 Å². The third-order valence-corrected chi connectivity index (χ3v) is 3.12. The van der Waals surface area contributed by atoms with Gasteiger partial charge < -0.3 is 4.74 Å². The first-order valence-corrected chi connectivity index (χ1v) is 4.74. The maximum absolute atomic E-state index is 9.81. The Morgan fingerprint density at radius 1 is 1.83 bits per heavy atom. The highest BCUT2D eigenvalue weighted by Crippen LogP contribution is 2.34. The van der Waals surface area contributed by atoms with Crippen LogP contribution in [0, 0.1) is 0 Å². The topological polar surface area (TPSA) is 38.7 Å². The lowest BCUT2D eigenvalue weighted by atomic mass is 10.5. The summed E-state index contributed by atoms with van der Waals surface area (Å²) in [5.41, 5.74) is 0. The average molecular weight is 248 g/mol. The molecule has 0 saturated carbocycles. The molecule has 5 heteroatoms. The molecule has 1 heterocycles. The van der Waals surface area contributed by atoms with Gasteiger partial charge in [0.05, 0.1) is 18.1 Å². The van der Waals surface area contributed by atoms with E-state index in [4.69, 9.17) is 4.74 Å². The zero-order valence-electron chi connectivity index (χ0n) is 6.33. The number of carbonyl (C=O) groups excluding carboxylic acids is 1. The van der Waals surface area contributed by atoms with E-state index in [2.05, 4.69) is 20.9 Å². The van der Waals surface area contributed by atoms with Crippen molar-refractivity contribution < 1.29 is 9.53 Å². The van der Waals surface area contributed by atoms with Gasteiger partial charge in [0.1, 0.15) is 0 Å². The molecule has 64 valence electrons. The van der Waals surface area contributed by atoms with Crippen molar-refractivity contribution in [3.63, 3.8) is 0 Å². The molecule has 0 saturated heterocycles. The third kappa shape index (κ3) is 2.17. The molecule has 3 nitrogen and oxygen atoms in total. The number of isocyanates is 1. The maximum atomic E-state index is 9.81. The first-order chi connectivity index (χ1) is 5.77. The van der Waals surface area contributed by atoms with Gasteiger partial charge in [-0.1, -0.05) is 0 Å². The van der Waals surface area contributed by atoms with Crippen molar-refractivity contribution >= 4 is 33.3 Å². The maximum Gasteiger partial charge on any atom is 0.235 e. The Morgan fingerprint density at radius 3 is 3.08 bits per heavy atom. The molecule has 0 aliphatic rings. The third-order valence-electron chi connectivity index (χ3n) is 1.19. The highest BCUT2D eigenvalue weighted by atomic mass is 79.9. The monoisotopic (exact) mass is 247 g/mol. The Morgan fingerprint density at radius 2 is 2.58 bits per heavy atom. The molecule has 0 atom stereocenters. The smallest absolute Gasteiger partial charge is 0.235 e. The summed E-state index contributed by atoms with van der Waals surface area (Å²) >= 11 is 4.77. The summed E-state index contributed by atoms with van der Waals surface area (Å²) in [5, 5.41) is 0.797. The van der Waals surface area contributed by atoms with Crippen LogP contribution in [0.15, 0.2) is 15.5 Å². The van der Waals surface area contributed by atoms with Crippen LogP contribution in [0.2, 0.25) is 0 Å². The van der Waals surface area contributed by atoms with Crippen LogP contribution in [-0.2, 0) is 11.3 Å². The highest BCUT2D eigenvalue weighted by Gasteiger charge is 2.05. The summed E-state index contributed by atoms with van der Waals surface area (Å²) in [7, 11) is 1.60. The number of rotatable bonds is 3. The molecule has 0 spiro atoms. The van der Waals surface area contributed by atoms with Crippen molar-refractivity contribution in [2.24, 2.45) is 4.99 Å². The van der Waals surface area contributed by atoms with E-state index in [0.717, 1.165) is 14.4 Å². The Bertz CT molecular complexity index is 317. The fourth-order valence-corrected chi connectivity index (χ4v) is 2.34. The van der Waals surface area contributed by atoms with Gasteiger partial charge in [-0.15, -0.1) is 11.3 Å². The molecule has 0 aromatic carbocycles. The summed E-state index contributed by atoms with van der Waals surface area (Å²) in [6, 6.07) is 1.88. The molecule has 0 amide bonds. The predicted octanol–water partition coefficient (Wildman–Crippen LogP) is 2.36. The number of aliphatic imine (C=N–C) groups is 1. The molecule has 0 aliphatic heterocycles. The number of nitrogens with zero attached hydrogens (tertiary/aromatic N) is 1. The molecule has 0 N–H and O–H groups in total. The quantitative estimate of drug-likeness (QED) is 0.608. The van der Waals surface area contributed by atoms with Crippen LogP contribution in [-0.4, -0.2) is 13.2 Å². The van der Waals surface area contributed by atoms with Crippen LogP contribution in [0.1, 0.15) is 4.88 Å². The zero-order valence-corrected chi connectivity index (χ0v) is 8.74. The van der Waals surface area contributed by atoms with Crippen molar-refractivity contribution in [2.75, 3.05) is 7.11 Å². The number of methoxy groups -OCH3 is 1. The molecule has 1 rings (SSSR count). The van der Waals surface area contributed by atoms with E-state index in [9.17, 15) is 4.79 Å². The lowest BCUT2D eigenvalue weighted by molar-refractivity contribution is 0.425. The van der Waals surface area contributed by atoms with Gasteiger partial charge in [-0.3, -0.25) is 0 Å². The Kier molecular flexibility index (Phi) is 3.47. The van der Waals surface area contributed by atoms with E-state index in [1.165, 1.54) is 17.4 Å². The summed E-state index contributed by atoms with van der Waals surface area (Å²) in [5.74, 6) is 0. The number of hydrogen-bond donors (Lipinski definition) is 0. The van der Waals surface area contributed by atoms with Gasteiger partial charge in [-0.25, -0.2) is 9.79 Å². The largest absolute Gasteiger partial charge is 0.486 e. The number of thiophene rings is 1. The van der Waals surface area contributed by atoms with E-state index >= 15 is 0 Å². The number of hydrogen-bond acceptors (Lipinski definition) is 4. The minimum atomic E-state index is 0.371. The number of ether oxygens (including phenoxy) is 1. The second-order valence-electron chi connectivity index (χ2n) is 1.96. The van der Waals surface area contributed by atoms with E-state index < -0.39 is 0 Å². The fraction of sp³-hybridized carbons (Fsp3) is 0.286. The van der Waals surface area contributed by atoms with Gasteiger partial charge in [0.2, 0.25) is 6.08 Å². The first-order valence-electron chi connectivity index (χ1n) is 3.13. The molecule has 0 fully saturated rings. The average Bonchev–Trinajstić information content (AvgIpc) is 2.43. The molecule has 0 bridgehead atoms. The standard InChI is InChI=1S/C7H6BrNO2S/c1-11-7-6(8)2-5(12-7)3-9-4-10/h2H,3H2,1H3. The fourth-order valence-electron chi connectivity index (χ4n) is 0.725. The van der Waals surface area contributed by atoms with Crippen LogP contribution < -0.4 is 4.74 Å². The van der Waals surface area contributed by atoms with Gasteiger partial charge >= 0.3 is 0 Å². The second-order valence-corrected chi connectivity index (χ2v) is 3.91. The normalized spacial score (nSPS) is 9.17. The van der Waals surface area contributed by atoms with E-state index in [1.54, 1.807) is 7.11 Å². The van der Waals surface area contributed by atoms with Crippen LogP contribution in [0.4, 0.5) is 0 Å².